The molecule has 1 aromatic rings. The van der Waals surface area contributed by atoms with Crippen LogP contribution in [0.5, 0.6) is 0 Å². The highest BCUT2D eigenvalue weighted by molar-refractivity contribution is 6.00. The molecular formula is C13H18N2O3. The molecule has 5 nitrogen and oxygen atoms in total. The van der Waals surface area contributed by atoms with Crippen LogP contribution in [0.25, 0.3) is 0 Å². The maximum absolute atomic E-state index is 11.9. The van der Waals surface area contributed by atoms with E-state index in [0.29, 0.717) is 12.8 Å². The Bertz CT molecular complexity index is 427. The molecule has 1 aliphatic heterocycles. The highest BCUT2D eigenvalue weighted by atomic mass is 16.3. The molecule has 1 aliphatic rings. The van der Waals surface area contributed by atoms with Crippen molar-refractivity contribution in [1.29, 1.82) is 0 Å². The largest absolute Gasteiger partial charge is 0.469 e. The average Bonchev–Trinajstić information content (AvgIpc) is 2.83. The van der Waals surface area contributed by atoms with Crippen LogP contribution in [0.4, 0.5) is 0 Å². The highest BCUT2D eigenvalue weighted by Gasteiger charge is 2.32. The quantitative estimate of drug-likeness (QED) is 0.808. The molecule has 0 bridgehead atoms. The zero-order valence-electron chi connectivity index (χ0n) is 10.7. The van der Waals surface area contributed by atoms with Gasteiger partial charge in [0.15, 0.2) is 0 Å². The Morgan fingerprint density at radius 1 is 1.56 bits per heavy atom. The first-order valence-corrected chi connectivity index (χ1v) is 6.16. The van der Waals surface area contributed by atoms with Gasteiger partial charge in [0, 0.05) is 25.9 Å². The standard InChI is InChI=1S/C13H18N2O3/c1-9(8-10-4-3-7-18-10)14-11-5-6-12(16)15(2)13(11)17/h3-4,7,9,11,14H,5-6,8H2,1-2H3. The van der Waals surface area contributed by atoms with Gasteiger partial charge in [-0.1, -0.05) is 0 Å². The van der Waals surface area contributed by atoms with E-state index < -0.39 is 0 Å². The minimum Gasteiger partial charge on any atom is -0.469 e. The lowest BCUT2D eigenvalue weighted by atomic mass is 10.0. The number of hydrogen-bond donors (Lipinski definition) is 1. The minimum absolute atomic E-state index is 0.100. The summed E-state index contributed by atoms with van der Waals surface area (Å²) in [5.41, 5.74) is 0. The lowest BCUT2D eigenvalue weighted by molar-refractivity contribution is -0.148. The molecule has 2 amide bonds. The van der Waals surface area contributed by atoms with Crippen LogP contribution in [-0.2, 0) is 16.0 Å². The maximum Gasteiger partial charge on any atom is 0.246 e. The molecule has 0 radical (unpaired) electrons. The number of furan rings is 1. The third-order valence-corrected chi connectivity index (χ3v) is 3.22. The predicted octanol–water partition coefficient (Wildman–Crippen LogP) is 0.948. The molecule has 2 heterocycles. The van der Waals surface area contributed by atoms with Crippen LogP contribution in [0.2, 0.25) is 0 Å². The summed E-state index contributed by atoms with van der Waals surface area (Å²) < 4.78 is 5.27. The highest BCUT2D eigenvalue weighted by Crippen LogP contribution is 2.13. The molecule has 0 aliphatic carbocycles. The predicted molar refractivity (Wildman–Crippen MR) is 65.8 cm³/mol. The van der Waals surface area contributed by atoms with Gasteiger partial charge >= 0.3 is 0 Å². The van der Waals surface area contributed by atoms with Gasteiger partial charge in [0.1, 0.15) is 5.76 Å². The number of nitrogens with zero attached hydrogens (tertiary/aromatic N) is 1. The fourth-order valence-corrected chi connectivity index (χ4v) is 2.20. The molecule has 0 spiro atoms. The zero-order valence-corrected chi connectivity index (χ0v) is 10.7. The summed E-state index contributed by atoms with van der Waals surface area (Å²) in [5, 5.41) is 3.25. The number of imide groups is 1. The van der Waals surface area contributed by atoms with Crippen molar-refractivity contribution in [3.63, 3.8) is 0 Å². The molecule has 1 N–H and O–H groups in total. The molecule has 1 saturated heterocycles. The van der Waals surface area contributed by atoms with Crippen LogP contribution in [0.1, 0.15) is 25.5 Å². The van der Waals surface area contributed by atoms with Crippen molar-refractivity contribution in [1.82, 2.24) is 10.2 Å². The molecule has 2 rings (SSSR count). The van der Waals surface area contributed by atoms with Gasteiger partial charge in [0.25, 0.3) is 0 Å². The van der Waals surface area contributed by atoms with Crippen LogP contribution in [0.3, 0.4) is 0 Å². The van der Waals surface area contributed by atoms with Gasteiger partial charge < -0.3 is 9.73 Å². The number of rotatable bonds is 4. The SMILES string of the molecule is CC(Cc1ccco1)NC1CCC(=O)N(C)C1=O. The van der Waals surface area contributed by atoms with Crippen LogP contribution < -0.4 is 5.32 Å². The summed E-state index contributed by atoms with van der Waals surface area (Å²) in [6.45, 7) is 2.01. The van der Waals surface area contributed by atoms with Gasteiger partial charge in [-0.25, -0.2) is 0 Å². The third kappa shape index (κ3) is 2.79. The van der Waals surface area contributed by atoms with Gasteiger partial charge in [-0.3, -0.25) is 14.5 Å². The number of carbonyl (C=O) groups excluding carboxylic acids is 2. The summed E-state index contributed by atoms with van der Waals surface area (Å²) in [7, 11) is 1.54. The van der Waals surface area contributed by atoms with Crippen molar-refractivity contribution < 1.29 is 14.0 Å². The lowest BCUT2D eigenvalue weighted by Gasteiger charge is -2.30. The Hall–Kier alpha value is -1.62. The monoisotopic (exact) mass is 250 g/mol. The Labute approximate surface area is 106 Å². The van der Waals surface area contributed by atoms with Crippen molar-refractivity contribution >= 4 is 11.8 Å². The van der Waals surface area contributed by atoms with Crippen LogP contribution >= 0.6 is 0 Å². The molecule has 5 heteroatoms. The molecule has 0 aromatic carbocycles. The molecule has 0 saturated carbocycles. The fourth-order valence-electron chi connectivity index (χ4n) is 2.20. The first kappa shape index (κ1) is 12.8. The topological polar surface area (TPSA) is 62.6 Å². The lowest BCUT2D eigenvalue weighted by Crippen LogP contribution is -2.53. The molecule has 1 fully saturated rings. The Kier molecular flexibility index (Phi) is 3.81. The second-order valence-corrected chi connectivity index (χ2v) is 4.73. The molecule has 2 unspecified atom stereocenters. The van der Waals surface area contributed by atoms with Gasteiger partial charge in [0.05, 0.1) is 12.3 Å². The van der Waals surface area contributed by atoms with Crippen molar-refractivity contribution in [2.24, 2.45) is 0 Å². The number of likely N-dealkylation sites (tertiary alicyclic amines) is 1. The van der Waals surface area contributed by atoms with E-state index in [1.807, 2.05) is 19.1 Å². The second-order valence-electron chi connectivity index (χ2n) is 4.73. The van der Waals surface area contributed by atoms with E-state index in [-0.39, 0.29) is 23.9 Å². The second kappa shape index (κ2) is 5.35. The van der Waals surface area contributed by atoms with E-state index in [2.05, 4.69) is 5.32 Å². The Morgan fingerprint density at radius 3 is 3.00 bits per heavy atom. The Morgan fingerprint density at radius 2 is 2.33 bits per heavy atom. The van der Waals surface area contributed by atoms with Gasteiger partial charge in [-0.15, -0.1) is 0 Å². The normalized spacial score (nSPS) is 22.3. The van der Waals surface area contributed by atoms with Crippen LogP contribution in [0, 0.1) is 0 Å². The summed E-state index contributed by atoms with van der Waals surface area (Å²) in [5.74, 6) is 0.650. The van der Waals surface area contributed by atoms with Gasteiger partial charge in [0.2, 0.25) is 11.8 Å². The molecule has 2 atom stereocenters. The summed E-state index contributed by atoms with van der Waals surface area (Å²) in [4.78, 5) is 24.5. The summed E-state index contributed by atoms with van der Waals surface area (Å²) >= 11 is 0. The van der Waals surface area contributed by atoms with E-state index in [1.165, 1.54) is 11.9 Å². The van der Waals surface area contributed by atoms with Gasteiger partial charge in [-0.2, -0.15) is 0 Å². The van der Waals surface area contributed by atoms with E-state index in [9.17, 15) is 9.59 Å². The number of likely N-dealkylation sites (N-methyl/N-ethyl adjacent to an activating group) is 1. The number of hydrogen-bond acceptors (Lipinski definition) is 4. The van der Waals surface area contributed by atoms with Crippen molar-refractivity contribution in [3.05, 3.63) is 24.2 Å². The number of carbonyl (C=O) groups is 2. The van der Waals surface area contributed by atoms with Gasteiger partial charge in [-0.05, 0) is 25.5 Å². The zero-order chi connectivity index (χ0) is 13.1. The van der Waals surface area contributed by atoms with Crippen LogP contribution in [0.15, 0.2) is 22.8 Å². The Balaban J connectivity index is 1.89. The number of nitrogens with one attached hydrogen (secondary N) is 1. The third-order valence-electron chi connectivity index (χ3n) is 3.22. The van der Waals surface area contributed by atoms with E-state index in [0.717, 1.165) is 12.2 Å². The molecule has 18 heavy (non-hydrogen) atoms. The molecule has 98 valence electrons. The summed E-state index contributed by atoms with van der Waals surface area (Å²) in [6.07, 6.45) is 3.37. The molecular weight excluding hydrogens is 232 g/mol. The first-order valence-electron chi connectivity index (χ1n) is 6.16. The number of amides is 2. The van der Waals surface area contributed by atoms with Crippen LogP contribution in [-0.4, -0.2) is 35.8 Å². The maximum atomic E-state index is 11.9. The van der Waals surface area contributed by atoms with Crippen molar-refractivity contribution in [2.75, 3.05) is 7.05 Å². The van der Waals surface area contributed by atoms with E-state index in [1.54, 1.807) is 6.26 Å². The first-order chi connectivity index (χ1) is 8.58. The van der Waals surface area contributed by atoms with E-state index >= 15 is 0 Å². The average molecular weight is 250 g/mol. The fraction of sp³-hybridized carbons (Fsp3) is 0.538. The van der Waals surface area contributed by atoms with Crippen molar-refractivity contribution in [3.8, 4) is 0 Å². The number of piperidine rings is 1. The smallest absolute Gasteiger partial charge is 0.246 e. The van der Waals surface area contributed by atoms with Crippen molar-refractivity contribution in [2.45, 2.75) is 38.3 Å². The minimum atomic E-state index is -0.266. The summed E-state index contributed by atoms with van der Waals surface area (Å²) in [6, 6.07) is 3.63. The molecule has 1 aromatic heterocycles. The van der Waals surface area contributed by atoms with E-state index in [4.69, 9.17) is 4.42 Å².